The van der Waals surface area contributed by atoms with Gasteiger partial charge in [-0.2, -0.15) is 0 Å². The number of carbonyl (C=O) groups is 7. The molecule has 2 saturated carbocycles. The number of hydrogen-bond donors (Lipinski definition) is 4. The van der Waals surface area contributed by atoms with Gasteiger partial charge < -0.3 is 40.5 Å². The highest BCUT2D eigenvalue weighted by Gasteiger charge is 2.56. The molecule has 4 fully saturated rings. The van der Waals surface area contributed by atoms with Gasteiger partial charge in [0.2, 0.25) is 29.4 Å². The van der Waals surface area contributed by atoms with E-state index >= 15 is 0 Å². The molecule has 4 N–H and O–H groups in total. The van der Waals surface area contributed by atoms with Crippen LogP contribution in [0.3, 0.4) is 0 Å². The molecule has 0 spiro atoms. The summed E-state index contributed by atoms with van der Waals surface area (Å²) in [6.45, 7) is 8.65. The lowest BCUT2D eigenvalue weighted by atomic mass is 9.83. The number of ketones is 1. The molecule has 4 aliphatic rings. The third kappa shape index (κ3) is 11.1. The van der Waals surface area contributed by atoms with E-state index in [4.69, 9.17) is 9.47 Å². The second kappa shape index (κ2) is 17.7. The van der Waals surface area contributed by atoms with E-state index in [1.54, 1.807) is 65.2 Å². The van der Waals surface area contributed by atoms with E-state index in [1.165, 1.54) is 9.80 Å². The predicted octanol–water partition coefficient (Wildman–Crippen LogP) is 2.77. The standard InChI is InChI=1S/C41H60N6O9/c1-40(2,3)56-39(54)45-32(26-16-12-9-13-17-26)38(53)47-23-29-27(21-41(4,5)55-29)33(47)35(50)43-28(20-24-18-19-24)34(49)36(51)42-22-30(48)44-31(37(52)46(6)7)25-14-10-8-11-15-25/h8,10-11,14-15,24,26-29,31-33H,9,12-13,16-23H2,1-7H3,(H,42,51)(H,43,50)(H,44,48)(H,45,54)/t27-,28?,29-,31-,32?,33-/m0/s1. The zero-order valence-electron chi connectivity index (χ0n) is 33.9. The van der Waals surface area contributed by atoms with E-state index in [9.17, 15) is 33.6 Å². The Morgan fingerprint density at radius 1 is 0.929 bits per heavy atom. The number of alkyl carbamates (subject to hydrolysis) is 1. The Hall–Kier alpha value is -4.53. The van der Waals surface area contributed by atoms with Crippen LogP contribution in [0, 0.1) is 17.8 Å². The first-order valence-electron chi connectivity index (χ1n) is 20.0. The maximum atomic E-state index is 14.6. The fourth-order valence-electron chi connectivity index (χ4n) is 8.28. The molecule has 2 heterocycles. The van der Waals surface area contributed by atoms with Gasteiger partial charge >= 0.3 is 6.09 Å². The smallest absolute Gasteiger partial charge is 0.408 e. The van der Waals surface area contributed by atoms with Crippen molar-refractivity contribution in [2.24, 2.45) is 17.8 Å². The van der Waals surface area contributed by atoms with Gasteiger partial charge in [-0.1, -0.05) is 62.4 Å². The average Bonchev–Trinajstić information content (AvgIpc) is 3.82. The molecule has 0 bridgehead atoms. The van der Waals surface area contributed by atoms with Crippen LogP contribution in [0.15, 0.2) is 30.3 Å². The van der Waals surface area contributed by atoms with E-state index in [-0.39, 0.29) is 36.6 Å². The Kier molecular flexibility index (Phi) is 13.5. The molecule has 2 saturated heterocycles. The summed E-state index contributed by atoms with van der Waals surface area (Å²) < 4.78 is 11.9. The van der Waals surface area contributed by atoms with Crippen molar-refractivity contribution in [3.8, 4) is 0 Å². The van der Waals surface area contributed by atoms with Gasteiger partial charge in [-0.25, -0.2) is 4.79 Å². The number of rotatable bonds is 14. The van der Waals surface area contributed by atoms with Gasteiger partial charge in [-0.3, -0.25) is 28.8 Å². The topological polar surface area (TPSA) is 193 Å². The van der Waals surface area contributed by atoms with Crippen molar-refractivity contribution in [2.45, 2.75) is 134 Å². The Morgan fingerprint density at radius 3 is 2.20 bits per heavy atom. The van der Waals surface area contributed by atoms with Crippen LogP contribution in [0.2, 0.25) is 0 Å². The van der Waals surface area contributed by atoms with Gasteiger partial charge in [0.15, 0.2) is 0 Å². The van der Waals surface area contributed by atoms with Crippen molar-refractivity contribution in [1.82, 2.24) is 31.1 Å². The summed E-state index contributed by atoms with van der Waals surface area (Å²) in [5.41, 5.74) is -0.787. The lowest BCUT2D eigenvalue weighted by Crippen LogP contribution is -2.59. The molecule has 2 aliphatic carbocycles. The molecule has 1 aromatic carbocycles. The minimum atomic E-state index is -1.20. The maximum absolute atomic E-state index is 14.6. The maximum Gasteiger partial charge on any atom is 0.408 e. The van der Waals surface area contributed by atoms with Crippen molar-refractivity contribution >= 4 is 41.4 Å². The summed E-state index contributed by atoms with van der Waals surface area (Å²) in [5.74, 6) is -4.42. The second-order valence-electron chi connectivity index (χ2n) is 17.7. The van der Waals surface area contributed by atoms with Crippen LogP contribution in [0.4, 0.5) is 4.79 Å². The minimum absolute atomic E-state index is 0.126. The Bertz CT molecular complexity index is 1630. The minimum Gasteiger partial charge on any atom is -0.444 e. The van der Waals surface area contributed by atoms with Crippen LogP contribution in [-0.4, -0.2) is 114 Å². The fourth-order valence-corrected chi connectivity index (χ4v) is 8.28. The summed E-state index contributed by atoms with van der Waals surface area (Å²) in [4.78, 5) is 97.8. The molecule has 15 nitrogen and oxygen atoms in total. The van der Waals surface area contributed by atoms with Crippen molar-refractivity contribution in [3.63, 3.8) is 0 Å². The number of amides is 6. The van der Waals surface area contributed by atoms with E-state index in [0.717, 1.165) is 44.9 Å². The fraction of sp³-hybridized carbons (Fsp3) is 0.683. The number of carbonyl (C=O) groups excluding carboxylic acids is 7. The molecule has 0 radical (unpaired) electrons. The number of hydrogen-bond acceptors (Lipinski definition) is 9. The Balaban J connectivity index is 1.31. The van der Waals surface area contributed by atoms with Gasteiger partial charge in [-0.15, -0.1) is 0 Å². The van der Waals surface area contributed by atoms with Crippen LogP contribution in [-0.2, 0) is 38.2 Å². The first kappa shape index (κ1) is 42.6. The normalized spacial score (nSPS) is 23.5. The van der Waals surface area contributed by atoms with E-state index in [2.05, 4.69) is 21.3 Å². The third-order valence-electron chi connectivity index (χ3n) is 11.1. The van der Waals surface area contributed by atoms with Crippen LogP contribution >= 0.6 is 0 Å². The van der Waals surface area contributed by atoms with Gasteiger partial charge in [-0.05, 0) is 77.7 Å². The van der Waals surface area contributed by atoms with Crippen molar-refractivity contribution in [2.75, 3.05) is 27.2 Å². The lowest BCUT2D eigenvalue weighted by molar-refractivity contribution is -0.145. The predicted molar refractivity (Wildman–Crippen MR) is 206 cm³/mol. The molecule has 6 atom stereocenters. The number of fused-ring (bicyclic) bond motifs is 1. The number of nitrogens with one attached hydrogen (secondary N) is 4. The average molecular weight is 781 g/mol. The summed E-state index contributed by atoms with van der Waals surface area (Å²) in [5, 5.41) is 10.7. The van der Waals surface area contributed by atoms with Crippen LogP contribution in [0.5, 0.6) is 0 Å². The largest absolute Gasteiger partial charge is 0.444 e. The zero-order valence-corrected chi connectivity index (χ0v) is 33.9. The summed E-state index contributed by atoms with van der Waals surface area (Å²) in [6.07, 6.45) is 5.53. The monoisotopic (exact) mass is 780 g/mol. The molecule has 15 heteroatoms. The van der Waals surface area contributed by atoms with Crippen LogP contribution in [0.25, 0.3) is 0 Å². The third-order valence-corrected chi connectivity index (χ3v) is 11.1. The van der Waals surface area contributed by atoms with Gasteiger partial charge in [0.05, 0.1) is 24.3 Å². The molecule has 2 aliphatic heterocycles. The summed E-state index contributed by atoms with van der Waals surface area (Å²) in [7, 11) is 3.13. The molecule has 6 amide bonds. The molecule has 2 unspecified atom stereocenters. The Labute approximate surface area is 329 Å². The highest BCUT2D eigenvalue weighted by Crippen LogP contribution is 2.44. The lowest BCUT2D eigenvalue weighted by Gasteiger charge is -2.36. The quantitative estimate of drug-likeness (QED) is 0.206. The molecule has 0 aromatic heterocycles. The first-order valence-corrected chi connectivity index (χ1v) is 20.0. The number of likely N-dealkylation sites (tertiary alicyclic amines) is 1. The summed E-state index contributed by atoms with van der Waals surface area (Å²) in [6, 6.07) is 4.51. The van der Waals surface area contributed by atoms with Crippen molar-refractivity contribution in [1.29, 1.82) is 0 Å². The number of nitrogens with zero attached hydrogens (tertiary/aromatic N) is 2. The van der Waals surface area contributed by atoms with Gasteiger partial charge in [0, 0.05) is 26.6 Å². The van der Waals surface area contributed by atoms with Gasteiger partial charge in [0.25, 0.3) is 5.91 Å². The number of likely N-dealkylation sites (N-methyl/N-ethyl adjacent to an activating group) is 1. The molecule has 308 valence electrons. The molecule has 1 aromatic rings. The second-order valence-corrected chi connectivity index (χ2v) is 17.7. The van der Waals surface area contributed by atoms with Crippen molar-refractivity contribution in [3.05, 3.63) is 35.9 Å². The molecule has 56 heavy (non-hydrogen) atoms. The number of benzene rings is 1. The first-order chi connectivity index (χ1) is 26.3. The highest BCUT2D eigenvalue weighted by molar-refractivity contribution is 6.38. The molecular weight excluding hydrogens is 720 g/mol. The number of Topliss-reactive ketones (excluding diaryl/α,β-unsaturated/α-hetero) is 1. The van der Waals surface area contributed by atoms with E-state index in [0.29, 0.717) is 12.0 Å². The van der Waals surface area contributed by atoms with Crippen LogP contribution in [0.1, 0.15) is 104 Å². The molecular formula is C41H60N6O9. The van der Waals surface area contributed by atoms with Crippen molar-refractivity contribution < 1.29 is 43.0 Å². The Morgan fingerprint density at radius 2 is 1.59 bits per heavy atom. The van der Waals surface area contributed by atoms with Crippen LogP contribution < -0.4 is 21.3 Å². The SMILES string of the molecule is CN(C)C(=O)[C@@H](NC(=O)CNC(=O)C(=O)C(CC1CC1)NC(=O)[C@@H]1[C@H]2CC(C)(C)O[C@H]2CN1C(=O)C(NC(=O)OC(C)(C)C)C1CCCCC1)c1ccccc1. The molecule has 5 rings (SSSR count). The van der Waals surface area contributed by atoms with Gasteiger partial charge in [0.1, 0.15) is 23.7 Å². The summed E-state index contributed by atoms with van der Waals surface area (Å²) >= 11 is 0. The van der Waals surface area contributed by atoms with E-state index in [1.807, 2.05) is 13.8 Å². The van der Waals surface area contributed by atoms with E-state index < -0.39 is 83.5 Å². The number of ether oxygens (including phenoxy) is 2. The zero-order chi connectivity index (χ0) is 40.9. The highest BCUT2D eigenvalue weighted by atomic mass is 16.6.